The minimum atomic E-state index is -0.208. The Hall–Kier alpha value is -1.62. The minimum absolute atomic E-state index is 0.00355. The predicted molar refractivity (Wildman–Crippen MR) is 80.9 cm³/mol. The molecule has 0 bridgehead atoms. The number of ether oxygens (including phenoxy) is 1. The second-order valence-corrected chi connectivity index (χ2v) is 5.25. The molecule has 0 spiro atoms. The molecule has 1 aromatic carbocycles. The molecule has 1 atom stereocenters. The van der Waals surface area contributed by atoms with Gasteiger partial charge in [-0.2, -0.15) is 0 Å². The largest absolute Gasteiger partial charge is 0.381 e. The summed E-state index contributed by atoms with van der Waals surface area (Å²) in [5.41, 5.74) is 0.616. The number of rotatable bonds is 6. The molecule has 21 heavy (non-hydrogen) atoms. The number of carbonyl (C=O) groups is 1. The fourth-order valence-electron chi connectivity index (χ4n) is 2.63. The Balaban J connectivity index is 1.86. The van der Waals surface area contributed by atoms with Crippen molar-refractivity contribution in [3.05, 3.63) is 30.1 Å². The third-order valence-corrected chi connectivity index (χ3v) is 3.66. The van der Waals surface area contributed by atoms with Crippen LogP contribution in [0.4, 0.5) is 10.1 Å². The number of nitrogens with zero attached hydrogens (tertiary/aromatic N) is 1. The minimum Gasteiger partial charge on any atom is -0.381 e. The number of carbonyl (C=O) groups excluding carboxylic acids is 1. The normalized spacial score (nSPS) is 18.6. The number of hydrogen-bond donors (Lipinski definition) is 1. The summed E-state index contributed by atoms with van der Waals surface area (Å²) in [4.78, 5) is 13.8. The Morgan fingerprint density at radius 1 is 1.48 bits per heavy atom. The van der Waals surface area contributed by atoms with E-state index in [2.05, 4.69) is 5.32 Å². The Kier molecular flexibility index (Phi) is 5.99. The lowest BCUT2D eigenvalue weighted by molar-refractivity contribution is -0.122. The first-order chi connectivity index (χ1) is 10.2. The van der Waals surface area contributed by atoms with Crippen molar-refractivity contribution >= 4 is 11.6 Å². The fourth-order valence-corrected chi connectivity index (χ4v) is 2.63. The van der Waals surface area contributed by atoms with Gasteiger partial charge in [0.25, 0.3) is 0 Å². The number of piperidine rings is 1. The van der Waals surface area contributed by atoms with Gasteiger partial charge in [-0.05, 0) is 31.9 Å². The predicted octanol–water partition coefficient (Wildman–Crippen LogP) is 2.34. The Bertz CT molecular complexity index is 467. The summed E-state index contributed by atoms with van der Waals surface area (Å²) >= 11 is 0. The second kappa shape index (κ2) is 7.98. The van der Waals surface area contributed by atoms with Crippen LogP contribution in [-0.4, -0.2) is 38.3 Å². The van der Waals surface area contributed by atoms with Gasteiger partial charge in [-0.15, -0.1) is 0 Å². The molecule has 1 N–H and O–H groups in total. The van der Waals surface area contributed by atoms with Crippen LogP contribution in [0.5, 0.6) is 0 Å². The molecule has 1 aromatic rings. The van der Waals surface area contributed by atoms with Crippen LogP contribution in [0.3, 0.4) is 0 Å². The van der Waals surface area contributed by atoms with E-state index >= 15 is 0 Å². The molecule has 1 heterocycles. The number of amides is 1. The summed E-state index contributed by atoms with van der Waals surface area (Å²) in [5, 5.41) is 3.01. The SMILES string of the molecule is CCOCCC(=O)N[C@@H]1CCCN(c2ccccc2F)C1. The third-order valence-electron chi connectivity index (χ3n) is 3.66. The molecule has 0 saturated carbocycles. The summed E-state index contributed by atoms with van der Waals surface area (Å²) in [5.74, 6) is -0.204. The van der Waals surface area contributed by atoms with Gasteiger partial charge < -0.3 is 15.0 Å². The highest BCUT2D eigenvalue weighted by atomic mass is 19.1. The standard InChI is InChI=1S/C16H23FN2O2/c1-2-21-11-9-16(20)18-13-6-5-10-19(12-13)15-8-4-3-7-14(15)17/h3-4,7-8,13H,2,5-6,9-12H2,1H3,(H,18,20)/t13-/m1/s1. The van der Waals surface area contributed by atoms with E-state index in [4.69, 9.17) is 4.74 Å². The maximum absolute atomic E-state index is 13.8. The molecule has 0 aromatic heterocycles. The lowest BCUT2D eigenvalue weighted by atomic mass is 10.0. The Labute approximate surface area is 125 Å². The average Bonchev–Trinajstić information content (AvgIpc) is 2.48. The average molecular weight is 294 g/mol. The first kappa shape index (κ1) is 15.8. The van der Waals surface area contributed by atoms with Crippen LogP contribution in [0.2, 0.25) is 0 Å². The molecule has 2 rings (SSSR count). The molecule has 1 amide bonds. The van der Waals surface area contributed by atoms with Gasteiger partial charge in [-0.1, -0.05) is 12.1 Å². The van der Waals surface area contributed by atoms with Crippen LogP contribution in [0.1, 0.15) is 26.2 Å². The molecular weight excluding hydrogens is 271 g/mol. The van der Waals surface area contributed by atoms with E-state index in [0.29, 0.717) is 31.9 Å². The molecule has 1 saturated heterocycles. The highest BCUT2D eigenvalue weighted by Gasteiger charge is 2.22. The van der Waals surface area contributed by atoms with Crippen LogP contribution >= 0.6 is 0 Å². The molecule has 4 nitrogen and oxygen atoms in total. The summed E-state index contributed by atoms with van der Waals surface area (Å²) in [6.07, 6.45) is 2.26. The molecule has 1 aliphatic heterocycles. The van der Waals surface area contributed by atoms with Gasteiger partial charge in [-0.3, -0.25) is 4.79 Å². The molecule has 116 valence electrons. The van der Waals surface area contributed by atoms with Crippen LogP contribution in [0, 0.1) is 5.82 Å². The summed E-state index contributed by atoms with van der Waals surface area (Å²) < 4.78 is 19.0. The van der Waals surface area contributed by atoms with E-state index in [9.17, 15) is 9.18 Å². The van der Waals surface area contributed by atoms with Crippen molar-refractivity contribution in [3.8, 4) is 0 Å². The Morgan fingerprint density at radius 2 is 2.29 bits per heavy atom. The summed E-state index contributed by atoms with van der Waals surface area (Å²) in [6, 6.07) is 6.86. The first-order valence-corrected chi connectivity index (χ1v) is 7.57. The number of para-hydroxylation sites is 1. The maximum Gasteiger partial charge on any atom is 0.222 e. The molecule has 0 aliphatic carbocycles. The molecule has 0 unspecified atom stereocenters. The number of benzene rings is 1. The van der Waals surface area contributed by atoms with Gasteiger partial charge in [0, 0.05) is 32.2 Å². The highest BCUT2D eigenvalue weighted by molar-refractivity contribution is 5.76. The van der Waals surface area contributed by atoms with E-state index < -0.39 is 0 Å². The Morgan fingerprint density at radius 3 is 3.05 bits per heavy atom. The quantitative estimate of drug-likeness (QED) is 0.819. The molecular formula is C16H23FN2O2. The summed E-state index contributed by atoms with van der Waals surface area (Å²) in [7, 11) is 0. The van der Waals surface area contributed by atoms with Crippen molar-refractivity contribution in [3.63, 3.8) is 0 Å². The van der Waals surface area contributed by atoms with E-state index in [0.717, 1.165) is 19.4 Å². The molecule has 0 radical (unpaired) electrons. The van der Waals surface area contributed by atoms with Crippen molar-refractivity contribution < 1.29 is 13.9 Å². The number of anilines is 1. The van der Waals surface area contributed by atoms with Gasteiger partial charge in [0.05, 0.1) is 12.3 Å². The lowest BCUT2D eigenvalue weighted by Gasteiger charge is -2.35. The topological polar surface area (TPSA) is 41.6 Å². The van der Waals surface area contributed by atoms with Crippen LogP contribution < -0.4 is 10.2 Å². The maximum atomic E-state index is 13.8. The van der Waals surface area contributed by atoms with Gasteiger partial charge in [0.1, 0.15) is 5.82 Å². The van der Waals surface area contributed by atoms with Crippen LogP contribution in [0.15, 0.2) is 24.3 Å². The monoisotopic (exact) mass is 294 g/mol. The smallest absolute Gasteiger partial charge is 0.222 e. The number of halogens is 1. The van der Waals surface area contributed by atoms with E-state index in [1.807, 2.05) is 17.9 Å². The first-order valence-electron chi connectivity index (χ1n) is 7.57. The van der Waals surface area contributed by atoms with Crippen molar-refractivity contribution in [1.82, 2.24) is 5.32 Å². The van der Waals surface area contributed by atoms with Gasteiger partial charge >= 0.3 is 0 Å². The third kappa shape index (κ3) is 4.70. The van der Waals surface area contributed by atoms with Crippen LogP contribution in [-0.2, 0) is 9.53 Å². The highest BCUT2D eigenvalue weighted by Crippen LogP contribution is 2.22. The van der Waals surface area contributed by atoms with E-state index in [-0.39, 0.29) is 17.8 Å². The van der Waals surface area contributed by atoms with Crippen molar-refractivity contribution in [2.24, 2.45) is 0 Å². The van der Waals surface area contributed by atoms with E-state index in [1.165, 1.54) is 6.07 Å². The zero-order chi connectivity index (χ0) is 15.1. The molecule has 1 fully saturated rings. The second-order valence-electron chi connectivity index (χ2n) is 5.25. The lowest BCUT2D eigenvalue weighted by Crippen LogP contribution is -2.48. The summed E-state index contributed by atoms with van der Waals surface area (Å²) in [6.45, 7) is 4.46. The zero-order valence-electron chi connectivity index (χ0n) is 12.5. The van der Waals surface area contributed by atoms with Crippen molar-refractivity contribution in [1.29, 1.82) is 0 Å². The fraction of sp³-hybridized carbons (Fsp3) is 0.562. The zero-order valence-corrected chi connectivity index (χ0v) is 12.5. The van der Waals surface area contributed by atoms with Gasteiger partial charge in [0.15, 0.2) is 0 Å². The number of hydrogen-bond acceptors (Lipinski definition) is 3. The number of nitrogens with one attached hydrogen (secondary N) is 1. The van der Waals surface area contributed by atoms with E-state index in [1.54, 1.807) is 12.1 Å². The van der Waals surface area contributed by atoms with Crippen molar-refractivity contribution in [2.75, 3.05) is 31.2 Å². The molecule has 1 aliphatic rings. The van der Waals surface area contributed by atoms with Crippen LogP contribution in [0.25, 0.3) is 0 Å². The van der Waals surface area contributed by atoms with Gasteiger partial charge in [0.2, 0.25) is 5.91 Å². The van der Waals surface area contributed by atoms with Gasteiger partial charge in [-0.25, -0.2) is 4.39 Å². The molecule has 5 heteroatoms. The van der Waals surface area contributed by atoms with Crippen molar-refractivity contribution in [2.45, 2.75) is 32.2 Å².